The molecule has 0 atom stereocenters. The van der Waals surface area contributed by atoms with Gasteiger partial charge in [-0.05, 0) is 36.6 Å². The average Bonchev–Trinajstić information content (AvgIpc) is 2.43. The van der Waals surface area contributed by atoms with Gasteiger partial charge in [0.25, 0.3) is 0 Å². The van der Waals surface area contributed by atoms with Crippen LogP contribution in [0.1, 0.15) is 31.2 Å². The SMILES string of the molecule is FC(F)(F)COc1cc(Br)cc(CNC2CCC(F)(F)CC2)c1. The van der Waals surface area contributed by atoms with Crippen molar-refractivity contribution in [1.29, 1.82) is 0 Å². The molecule has 1 aliphatic carbocycles. The summed E-state index contributed by atoms with van der Waals surface area (Å²) in [5, 5.41) is 3.17. The highest BCUT2D eigenvalue weighted by atomic mass is 79.9. The molecule has 0 heterocycles. The Morgan fingerprint density at radius 2 is 1.83 bits per heavy atom. The van der Waals surface area contributed by atoms with Crippen molar-refractivity contribution in [2.75, 3.05) is 6.61 Å². The molecule has 0 amide bonds. The van der Waals surface area contributed by atoms with Crippen LogP contribution in [0.4, 0.5) is 22.0 Å². The van der Waals surface area contributed by atoms with Gasteiger partial charge in [-0.3, -0.25) is 0 Å². The van der Waals surface area contributed by atoms with Crippen molar-refractivity contribution in [3.8, 4) is 5.75 Å². The minimum Gasteiger partial charge on any atom is -0.484 e. The Kier molecular flexibility index (Phi) is 5.89. The quantitative estimate of drug-likeness (QED) is 0.696. The van der Waals surface area contributed by atoms with Gasteiger partial charge in [-0.25, -0.2) is 8.78 Å². The number of halogens is 6. The Morgan fingerprint density at radius 3 is 2.43 bits per heavy atom. The van der Waals surface area contributed by atoms with Crippen LogP contribution in [0, 0.1) is 0 Å². The van der Waals surface area contributed by atoms with E-state index in [-0.39, 0.29) is 24.6 Å². The normalized spacial score (nSPS) is 18.9. The van der Waals surface area contributed by atoms with Gasteiger partial charge >= 0.3 is 6.18 Å². The Balaban J connectivity index is 1.89. The molecule has 8 heteroatoms. The molecular formula is C15H17BrF5NO. The molecule has 0 unspecified atom stereocenters. The van der Waals surface area contributed by atoms with E-state index in [1.54, 1.807) is 6.07 Å². The third kappa shape index (κ3) is 6.63. The molecule has 1 aromatic carbocycles. The van der Waals surface area contributed by atoms with Gasteiger partial charge in [0.15, 0.2) is 6.61 Å². The minimum atomic E-state index is -4.39. The summed E-state index contributed by atoms with van der Waals surface area (Å²) in [6.07, 6.45) is -3.89. The smallest absolute Gasteiger partial charge is 0.422 e. The maximum Gasteiger partial charge on any atom is 0.422 e. The van der Waals surface area contributed by atoms with Crippen molar-refractivity contribution >= 4 is 15.9 Å². The van der Waals surface area contributed by atoms with E-state index in [2.05, 4.69) is 21.2 Å². The topological polar surface area (TPSA) is 21.3 Å². The van der Waals surface area contributed by atoms with E-state index in [0.29, 0.717) is 23.9 Å². The molecule has 23 heavy (non-hydrogen) atoms. The Morgan fingerprint density at radius 1 is 1.17 bits per heavy atom. The van der Waals surface area contributed by atoms with Crippen LogP contribution in [0.3, 0.4) is 0 Å². The van der Waals surface area contributed by atoms with Crippen molar-refractivity contribution in [3.05, 3.63) is 28.2 Å². The van der Waals surface area contributed by atoms with E-state index in [0.717, 1.165) is 5.56 Å². The molecule has 0 aromatic heterocycles. The lowest BCUT2D eigenvalue weighted by Crippen LogP contribution is -2.36. The lowest BCUT2D eigenvalue weighted by molar-refractivity contribution is -0.153. The monoisotopic (exact) mass is 401 g/mol. The third-order valence-corrected chi connectivity index (χ3v) is 4.10. The Hall–Kier alpha value is -0.890. The average molecular weight is 402 g/mol. The number of alkyl halides is 5. The molecule has 0 aliphatic heterocycles. The van der Waals surface area contributed by atoms with Gasteiger partial charge in [-0.2, -0.15) is 13.2 Å². The van der Waals surface area contributed by atoms with Crippen LogP contribution in [0.15, 0.2) is 22.7 Å². The lowest BCUT2D eigenvalue weighted by Gasteiger charge is -2.29. The van der Waals surface area contributed by atoms with Crippen molar-refractivity contribution in [2.24, 2.45) is 0 Å². The molecule has 0 bridgehead atoms. The van der Waals surface area contributed by atoms with Crippen molar-refractivity contribution < 1.29 is 26.7 Å². The Bertz CT molecular complexity index is 525. The molecule has 130 valence electrons. The molecule has 2 rings (SSSR count). The van der Waals surface area contributed by atoms with Crippen molar-refractivity contribution in [1.82, 2.24) is 5.32 Å². The first-order valence-corrected chi connectivity index (χ1v) is 8.02. The second-order valence-electron chi connectivity index (χ2n) is 5.71. The largest absolute Gasteiger partial charge is 0.484 e. The van der Waals surface area contributed by atoms with Crippen LogP contribution in [-0.2, 0) is 6.54 Å². The lowest BCUT2D eigenvalue weighted by atomic mass is 9.92. The summed E-state index contributed by atoms with van der Waals surface area (Å²) in [5.41, 5.74) is 0.730. The van der Waals surface area contributed by atoms with Crippen LogP contribution < -0.4 is 10.1 Å². The molecule has 2 nitrogen and oxygen atoms in total. The highest BCUT2D eigenvalue weighted by Gasteiger charge is 2.34. The fourth-order valence-corrected chi connectivity index (χ4v) is 3.00. The van der Waals surface area contributed by atoms with E-state index in [9.17, 15) is 22.0 Å². The molecule has 0 radical (unpaired) electrons. The zero-order valence-corrected chi connectivity index (χ0v) is 13.8. The minimum absolute atomic E-state index is 0.00634. The first kappa shape index (κ1) is 18.4. The first-order chi connectivity index (χ1) is 10.6. The molecule has 1 aliphatic rings. The van der Waals surface area contributed by atoms with E-state index in [1.165, 1.54) is 12.1 Å². The fraction of sp³-hybridized carbons (Fsp3) is 0.600. The standard InChI is InChI=1S/C15H17BrF5NO/c16-11-5-10(6-13(7-11)23-9-15(19,20)21)8-22-12-1-3-14(17,18)4-2-12/h5-7,12,22H,1-4,8-9H2. The van der Waals surface area contributed by atoms with E-state index in [1.807, 2.05) is 0 Å². The second-order valence-corrected chi connectivity index (χ2v) is 6.63. The van der Waals surface area contributed by atoms with Crippen LogP contribution in [0.5, 0.6) is 5.75 Å². The number of ether oxygens (including phenoxy) is 1. The van der Waals surface area contributed by atoms with E-state index in [4.69, 9.17) is 4.74 Å². The summed E-state index contributed by atoms with van der Waals surface area (Å²) in [4.78, 5) is 0. The maximum atomic E-state index is 13.1. The summed E-state index contributed by atoms with van der Waals surface area (Å²) >= 11 is 3.23. The number of hydrogen-bond acceptors (Lipinski definition) is 2. The highest BCUT2D eigenvalue weighted by molar-refractivity contribution is 9.10. The van der Waals surface area contributed by atoms with Crippen molar-refractivity contribution in [3.63, 3.8) is 0 Å². The number of benzene rings is 1. The Labute approximate surface area is 139 Å². The van der Waals surface area contributed by atoms with Gasteiger partial charge in [0, 0.05) is 29.9 Å². The molecular weight excluding hydrogens is 385 g/mol. The zero-order valence-electron chi connectivity index (χ0n) is 12.2. The van der Waals surface area contributed by atoms with Gasteiger partial charge in [0.2, 0.25) is 5.92 Å². The molecule has 0 spiro atoms. The maximum absolute atomic E-state index is 13.1. The van der Waals surface area contributed by atoms with Crippen LogP contribution in [0.2, 0.25) is 0 Å². The summed E-state index contributed by atoms with van der Waals surface area (Å²) in [7, 11) is 0. The molecule has 1 fully saturated rings. The number of hydrogen-bond donors (Lipinski definition) is 1. The summed E-state index contributed by atoms with van der Waals surface area (Å²) in [6, 6.07) is 4.72. The zero-order chi connectivity index (χ0) is 17.1. The first-order valence-electron chi connectivity index (χ1n) is 7.23. The molecule has 0 saturated heterocycles. The fourth-order valence-electron chi connectivity index (χ4n) is 2.48. The molecule has 1 N–H and O–H groups in total. The summed E-state index contributed by atoms with van der Waals surface area (Å²) in [6.45, 7) is -0.966. The highest BCUT2D eigenvalue weighted by Crippen LogP contribution is 2.33. The summed E-state index contributed by atoms with van der Waals surface area (Å²) < 4.78 is 68.1. The van der Waals surface area contributed by atoms with Gasteiger partial charge in [-0.1, -0.05) is 15.9 Å². The molecule has 1 aromatic rings. The van der Waals surface area contributed by atoms with Gasteiger partial charge < -0.3 is 10.1 Å². The van der Waals surface area contributed by atoms with Gasteiger partial charge in [0.05, 0.1) is 0 Å². The predicted molar refractivity (Wildman–Crippen MR) is 79.7 cm³/mol. The number of rotatable bonds is 5. The predicted octanol–water partition coefficient (Wildman–Crippen LogP) is 5.06. The number of nitrogens with one attached hydrogen (secondary N) is 1. The van der Waals surface area contributed by atoms with Gasteiger partial charge in [0.1, 0.15) is 5.75 Å². The molecule has 1 saturated carbocycles. The van der Waals surface area contributed by atoms with Crippen LogP contribution >= 0.6 is 15.9 Å². The van der Waals surface area contributed by atoms with E-state index >= 15 is 0 Å². The summed E-state index contributed by atoms with van der Waals surface area (Å²) in [5.74, 6) is -2.46. The third-order valence-electron chi connectivity index (χ3n) is 3.65. The van der Waals surface area contributed by atoms with E-state index < -0.39 is 18.7 Å². The van der Waals surface area contributed by atoms with Gasteiger partial charge in [-0.15, -0.1) is 0 Å². The van der Waals surface area contributed by atoms with Crippen LogP contribution in [0.25, 0.3) is 0 Å². The van der Waals surface area contributed by atoms with Crippen LogP contribution in [-0.4, -0.2) is 24.7 Å². The van der Waals surface area contributed by atoms with Crippen molar-refractivity contribution in [2.45, 2.75) is 50.4 Å². The second kappa shape index (κ2) is 7.34.